The van der Waals surface area contributed by atoms with Crippen LogP contribution in [0.15, 0.2) is 97.1 Å². The number of aliphatic hydroxyl groups is 2. The molecule has 2 atom stereocenters. The third-order valence-electron chi connectivity index (χ3n) is 9.90. The molecule has 6 aromatic rings. The van der Waals surface area contributed by atoms with Crippen molar-refractivity contribution in [1.82, 2.24) is 19.1 Å². The summed E-state index contributed by atoms with van der Waals surface area (Å²) in [6, 6.07) is 35.6. The van der Waals surface area contributed by atoms with Crippen LogP contribution in [0.3, 0.4) is 0 Å². The van der Waals surface area contributed by atoms with Crippen molar-refractivity contribution in [2.45, 2.75) is 77.7 Å². The van der Waals surface area contributed by atoms with Crippen LogP contribution in [-0.4, -0.2) is 29.3 Å². The van der Waals surface area contributed by atoms with Gasteiger partial charge in [-0.1, -0.05) is 135 Å². The summed E-state index contributed by atoms with van der Waals surface area (Å²) in [5, 5.41) is 42.6. The molecule has 0 aliphatic rings. The van der Waals surface area contributed by atoms with Crippen LogP contribution in [0.1, 0.15) is 96.8 Å². The molecule has 10 heteroatoms. The maximum atomic E-state index is 12.4. The smallest absolute Gasteiger partial charge is 0.153 e. The minimum atomic E-state index is -1.09. The molecule has 0 fully saturated rings. The van der Waals surface area contributed by atoms with Crippen LogP contribution in [0.25, 0.3) is 22.3 Å². The molecule has 0 bridgehead atoms. The highest BCUT2D eigenvalue weighted by Gasteiger charge is 2.34. The number of hydrogen-bond donors (Lipinski definition) is 2. The molecule has 2 unspecified atom stereocenters. The number of hydrogen-bond acceptors (Lipinski definition) is 6. The van der Waals surface area contributed by atoms with Crippen LogP contribution >= 0.6 is 23.2 Å². The first kappa shape index (κ1) is 38.5. The zero-order chi connectivity index (χ0) is 38.2. The molecule has 0 aliphatic heterocycles. The van der Waals surface area contributed by atoms with Gasteiger partial charge in [0.05, 0.1) is 41.3 Å². The molecule has 4 aromatic carbocycles. The maximum absolute atomic E-state index is 12.4. The number of aliphatic hydroxyl groups excluding tert-OH is 2. The van der Waals surface area contributed by atoms with E-state index >= 15 is 0 Å². The molecule has 2 heterocycles. The fraction of sp³-hybridized carbons (Fsp3) is 0.273. The Morgan fingerprint density at radius 3 is 1.74 bits per heavy atom. The van der Waals surface area contributed by atoms with Crippen LogP contribution in [-0.2, 0) is 26.1 Å². The van der Waals surface area contributed by atoms with Crippen LogP contribution in [0.2, 0.25) is 10.3 Å². The summed E-state index contributed by atoms with van der Waals surface area (Å²) in [7, 11) is 0. The Kier molecular flexibility index (Phi) is 12.6. The molecule has 0 amide bonds. The third-order valence-corrected chi connectivity index (χ3v) is 10.5. The van der Waals surface area contributed by atoms with Crippen LogP contribution in [0, 0.1) is 22.7 Å². The number of nitriles is 2. The SMILES string of the molecule is CCCCc1nc(Cl)c(C(O)C(CCC)c2nc(Cl)c(CO)n2Cc2ccc(-c3ccccc3C#N)cc2)n1Cc1ccc(-c2ccccc2C#N)cc1. The predicted molar refractivity (Wildman–Crippen MR) is 213 cm³/mol. The van der Waals surface area contributed by atoms with Gasteiger partial charge in [-0.3, -0.25) is 0 Å². The molecule has 0 radical (unpaired) electrons. The number of nitrogens with zero attached hydrogens (tertiary/aromatic N) is 6. The molecule has 6 rings (SSSR count). The summed E-state index contributed by atoms with van der Waals surface area (Å²) in [5.41, 5.74) is 7.70. The lowest BCUT2D eigenvalue weighted by Gasteiger charge is -2.26. The van der Waals surface area contributed by atoms with Gasteiger partial charge in [0.1, 0.15) is 17.8 Å². The van der Waals surface area contributed by atoms with Crippen LogP contribution in [0.4, 0.5) is 0 Å². The number of imidazole rings is 2. The standard InChI is InChI=1S/C44H42Cl2N6O2/c1-3-5-15-39-49-43(46)40(52(39)27-30-18-22-32(23-19-30)36-14-9-7-12-34(36)25-48)41(54)37(10-4-2)44-50-42(45)38(28-53)51(44)26-29-16-20-31(21-17-29)35-13-8-6-11-33(35)24-47/h6-9,11-14,16-23,37,41,53-54H,3-5,10,15,26-28H2,1-2H3. The normalized spacial score (nSPS) is 12.3. The Hall–Kier alpha value is -5.22. The van der Waals surface area contributed by atoms with Crippen LogP contribution in [0.5, 0.6) is 0 Å². The van der Waals surface area contributed by atoms with Crippen molar-refractivity contribution in [3.8, 4) is 34.4 Å². The summed E-state index contributed by atoms with van der Waals surface area (Å²) in [6.45, 7) is 4.64. The molecule has 0 saturated carbocycles. The van der Waals surface area contributed by atoms with Gasteiger partial charge in [0.25, 0.3) is 0 Å². The number of aryl methyl sites for hydroxylation is 1. The Morgan fingerprint density at radius 1 is 0.704 bits per heavy atom. The van der Waals surface area contributed by atoms with Crippen molar-refractivity contribution in [2.75, 3.05) is 0 Å². The first-order valence-corrected chi connectivity index (χ1v) is 19.0. The van der Waals surface area contributed by atoms with Gasteiger partial charge < -0.3 is 19.3 Å². The van der Waals surface area contributed by atoms with Crippen molar-refractivity contribution in [3.05, 3.63) is 153 Å². The molecule has 0 aliphatic carbocycles. The van der Waals surface area contributed by atoms with E-state index in [0.717, 1.165) is 58.5 Å². The second-order valence-corrected chi connectivity index (χ2v) is 14.1. The minimum Gasteiger partial charge on any atom is -0.390 e. The number of benzene rings is 4. The first-order valence-electron chi connectivity index (χ1n) is 18.3. The van der Waals surface area contributed by atoms with Crippen molar-refractivity contribution in [2.24, 2.45) is 0 Å². The molecule has 0 saturated heterocycles. The largest absolute Gasteiger partial charge is 0.390 e. The average Bonchev–Trinajstić information content (AvgIpc) is 3.69. The van der Waals surface area contributed by atoms with E-state index in [9.17, 15) is 20.7 Å². The van der Waals surface area contributed by atoms with E-state index in [1.165, 1.54) is 0 Å². The van der Waals surface area contributed by atoms with E-state index in [-0.39, 0.29) is 16.9 Å². The van der Waals surface area contributed by atoms with E-state index in [1.807, 2.05) is 100 Å². The molecule has 2 aromatic heterocycles. The molecular weight excluding hydrogens is 715 g/mol. The summed E-state index contributed by atoms with van der Waals surface area (Å²) >= 11 is 13.6. The number of aromatic nitrogens is 4. The highest BCUT2D eigenvalue weighted by atomic mass is 35.5. The van der Waals surface area contributed by atoms with Crippen molar-refractivity contribution in [3.63, 3.8) is 0 Å². The Labute approximate surface area is 326 Å². The van der Waals surface area contributed by atoms with Gasteiger partial charge in [0.15, 0.2) is 10.3 Å². The van der Waals surface area contributed by atoms with Gasteiger partial charge >= 0.3 is 0 Å². The molecule has 274 valence electrons. The van der Waals surface area contributed by atoms with E-state index in [1.54, 1.807) is 6.07 Å². The van der Waals surface area contributed by atoms with Gasteiger partial charge in [-0.25, -0.2) is 9.97 Å². The number of unbranched alkanes of at least 4 members (excludes halogenated alkanes) is 1. The molecular formula is C44H42Cl2N6O2. The average molecular weight is 758 g/mol. The van der Waals surface area contributed by atoms with E-state index in [4.69, 9.17) is 33.2 Å². The van der Waals surface area contributed by atoms with Crippen LogP contribution < -0.4 is 0 Å². The second kappa shape index (κ2) is 17.7. The predicted octanol–water partition coefficient (Wildman–Crippen LogP) is 10.0. The highest BCUT2D eigenvalue weighted by Crippen LogP contribution is 2.40. The van der Waals surface area contributed by atoms with E-state index < -0.39 is 12.0 Å². The summed E-state index contributed by atoms with van der Waals surface area (Å²) < 4.78 is 3.93. The summed E-state index contributed by atoms with van der Waals surface area (Å²) in [4.78, 5) is 9.54. The fourth-order valence-corrected chi connectivity index (χ4v) is 7.65. The minimum absolute atomic E-state index is 0.182. The van der Waals surface area contributed by atoms with Gasteiger partial charge in [-0.2, -0.15) is 10.5 Å². The Bertz CT molecular complexity index is 2300. The molecule has 8 nitrogen and oxygen atoms in total. The van der Waals surface area contributed by atoms with E-state index in [0.29, 0.717) is 54.3 Å². The van der Waals surface area contributed by atoms with Gasteiger partial charge in [-0.15, -0.1) is 0 Å². The molecule has 0 spiro atoms. The quantitative estimate of drug-likeness (QED) is 0.108. The van der Waals surface area contributed by atoms with E-state index in [2.05, 4.69) is 26.0 Å². The Balaban J connectivity index is 1.35. The number of halogens is 2. The second-order valence-electron chi connectivity index (χ2n) is 13.4. The first-order chi connectivity index (χ1) is 26.3. The van der Waals surface area contributed by atoms with Crippen molar-refractivity contribution < 1.29 is 10.2 Å². The zero-order valence-corrected chi connectivity index (χ0v) is 31.9. The number of rotatable bonds is 15. The molecule has 2 N–H and O–H groups in total. The monoisotopic (exact) mass is 756 g/mol. The van der Waals surface area contributed by atoms with Crippen molar-refractivity contribution in [1.29, 1.82) is 10.5 Å². The summed E-state index contributed by atoms with van der Waals surface area (Å²) in [5.74, 6) is 0.823. The van der Waals surface area contributed by atoms with Gasteiger partial charge in [-0.05, 0) is 58.4 Å². The lowest BCUT2D eigenvalue weighted by Crippen LogP contribution is -2.21. The molecule has 54 heavy (non-hydrogen) atoms. The lowest BCUT2D eigenvalue weighted by atomic mass is 9.93. The van der Waals surface area contributed by atoms with Crippen molar-refractivity contribution >= 4 is 23.2 Å². The third kappa shape index (κ3) is 8.14. The highest BCUT2D eigenvalue weighted by molar-refractivity contribution is 6.30. The topological polar surface area (TPSA) is 124 Å². The maximum Gasteiger partial charge on any atom is 0.153 e. The zero-order valence-electron chi connectivity index (χ0n) is 30.4. The Morgan fingerprint density at radius 2 is 1.24 bits per heavy atom. The summed E-state index contributed by atoms with van der Waals surface area (Å²) in [6.07, 6.45) is 2.80. The fourth-order valence-electron chi connectivity index (χ4n) is 7.09. The van der Waals surface area contributed by atoms with Gasteiger partial charge in [0.2, 0.25) is 0 Å². The lowest BCUT2D eigenvalue weighted by molar-refractivity contribution is 0.125. The van der Waals surface area contributed by atoms with Gasteiger partial charge in [0, 0.05) is 25.4 Å².